The van der Waals surface area contributed by atoms with Gasteiger partial charge in [-0.1, -0.05) is 37.9 Å². The molecule has 0 fully saturated rings. The summed E-state index contributed by atoms with van der Waals surface area (Å²) in [5.41, 5.74) is 1.52. The molecule has 0 bridgehead atoms. The van der Waals surface area contributed by atoms with E-state index in [1.165, 1.54) is 13.0 Å². The topological polar surface area (TPSA) is 54.4 Å². The van der Waals surface area contributed by atoms with Crippen molar-refractivity contribution in [1.29, 1.82) is 0 Å². The SMILES string of the molecule is CC(=O)C(Br)c1ccc(Br)c(/C=C/C(=O)O)c1. The lowest BCUT2D eigenvalue weighted by atomic mass is 10.1. The Hall–Kier alpha value is -0.940. The zero-order valence-electron chi connectivity index (χ0n) is 8.98. The first-order valence-corrected chi connectivity index (χ1v) is 6.47. The van der Waals surface area contributed by atoms with E-state index in [4.69, 9.17) is 5.11 Å². The molecule has 5 heteroatoms. The third-order valence-corrected chi connectivity index (χ3v) is 3.97. The summed E-state index contributed by atoms with van der Waals surface area (Å²) < 4.78 is 0.780. The van der Waals surface area contributed by atoms with Gasteiger partial charge in [0.2, 0.25) is 0 Å². The predicted molar refractivity (Wildman–Crippen MR) is 73.2 cm³/mol. The molecule has 0 heterocycles. The third kappa shape index (κ3) is 4.09. The van der Waals surface area contributed by atoms with Crippen molar-refractivity contribution in [3.63, 3.8) is 0 Å². The van der Waals surface area contributed by atoms with Crippen LogP contribution in [0.2, 0.25) is 0 Å². The molecule has 0 saturated heterocycles. The van der Waals surface area contributed by atoms with Crippen LogP contribution in [0.5, 0.6) is 0 Å². The number of carbonyl (C=O) groups is 2. The van der Waals surface area contributed by atoms with Gasteiger partial charge in [0.25, 0.3) is 0 Å². The van der Waals surface area contributed by atoms with Crippen LogP contribution in [0.3, 0.4) is 0 Å². The van der Waals surface area contributed by atoms with Crippen molar-refractivity contribution in [2.45, 2.75) is 11.8 Å². The Morgan fingerprint density at radius 2 is 2.06 bits per heavy atom. The Morgan fingerprint density at radius 1 is 1.41 bits per heavy atom. The fourth-order valence-corrected chi connectivity index (χ4v) is 1.91. The van der Waals surface area contributed by atoms with Crippen LogP contribution in [-0.2, 0) is 9.59 Å². The maximum absolute atomic E-state index is 11.2. The highest BCUT2D eigenvalue weighted by Gasteiger charge is 2.13. The normalized spacial score (nSPS) is 12.6. The number of alkyl halides is 1. The van der Waals surface area contributed by atoms with Crippen LogP contribution >= 0.6 is 31.9 Å². The first-order chi connectivity index (χ1) is 7.91. The number of halogens is 2. The van der Waals surface area contributed by atoms with Crippen LogP contribution in [0.1, 0.15) is 22.9 Å². The van der Waals surface area contributed by atoms with Gasteiger partial charge in [0.1, 0.15) is 5.78 Å². The van der Waals surface area contributed by atoms with E-state index >= 15 is 0 Å². The number of hydrogen-bond acceptors (Lipinski definition) is 2. The van der Waals surface area contributed by atoms with Crippen molar-refractivity contribution in [1.82, 2.24) is 0 Å². The van der Waals surface area contributed by atoms with Crippen LogP contribution in [0, 0.1) is 0 Å². The third-order valence-electron chi connectivity index (χ3n) is 2.08. The summed E-state index contributed by atoms with van der Waals surface area (Å²) in [6, 6.07) is 5.36. The van der Waals surface area contributed by atoms with E-state index < -0.39 is 5.97 Å². The maximum atomic E-state index is 11.2. The standard InChI is InChI=1S/C12H10Br2O3/c1-7(15)12(14)9-2-4-10(13)8(6-9)3-5-11(16)17/h2-6,12H,1H3,(H,16,17)/b5-3+. The van der Waals surface area contributed by atoms with Gasteiger partial charge in [0.15, 0.2) is 0 Å². The second-order valence-corrected chi connectivity index (χ2v) is 5.20. The Bertz CT molecular complexity index is 481. The Labute approximate surface area is 116 Å². The molecular formula is C12H10Br2O3. The van der Waals surface area contributed by atoms with E-state index in [0.29, 0.717) is 0 Å². The lowest BCUT2D eigenvalue weighted by Crippen LogP contribution is -2.01. The Kier molecular flexibility index (Phi) is 5.08. The minimum atomic E-state index is -1.01. The van der Waals surface area contributed by atoms with E-state index in [-0.39, 0.29) is 10.6 Å². The van der Waals surface area contributed by atoms with Crippen molar-refractivity contribution in [2.24, 2.45) is 0 Å². The summed E-state index contributed by atoms with van der Waals surface area (Å²) in [6.45, 7) is 1.49. The predicted octanol–water partition coefficient (Wildman–Crippen LogP) is 3.57. The second-order valence-electron chi connectivity index (χ2n) is 3.43. The van der Waals surface area contributed by atoms with Gasteiger partial charge in [0, 0.05) is 10.5 Å². The zero-order valence-corrected chi connectivity index (χ0v) is 12.2. The molecule has 1 N–H and O–H groups in total. The summed E-state index contributed by atoms with van der Waals surface area (Å²) in [6.07, 6.45) is 2.54. The monoisotopic (exact) mass is 360 g/mol. The average Bonchev–Trinajstić information content (AvgIpc) is 2.26. The number of aliphatic carboxylic acids is 1. The van der Waals surface area contributed by atoms with E-state index in [0.717, 1.165) is 21.7 Å². The molecule has 0 radical (unpaired) electrons. The van der Waals surface area contributed by atoms with E-state index in [2.05, 4.69) is 31.9 Å². The molecule has 1 unspecified atom stereocenters. The molecule has 17 heavy (non-hydrogen) atoms. The number of benzene rings is 1. The average molecular weight is 362 g/mol. The minimum absolute atomic E-state index is 0.000451. The number of carbonyl (C=O) groups excluding carboxylic acids is 1. The molecule has 0 amide bonds. The second kappa shape index (κ2) is 6.12. The largest absolute Gasteiger partial charge is 0.478 e. The number of hydrogen-bond donors (Lipinski definition) is 1. The fraction of sp³-hybridized carbons (Fsp3) is 0.167. The first kappa shape index (κ1) is 14.1. The Balaban J connectivity index is 3.10. The van der Waals surface area contributed by atoms with Crippen LogP contribution in [0.25, 0.3) is 6.08 Å². The van der Waals surface area contributed by atoms with Gasteiger partial charge in [-0.3, -0.25) is 4.79 Å². The molecule has 1 aromatic carbocycles. The van der Waals surface area contributed by atoms with Crippen LogP contribution in [0.15, 0.2) is 28.7 Å². The molecule has 1 rings (SSSR count). The molecule has 0 aliphatic carbocycles. The smallest absolute Gasteiger partial charge is 0.328 e. The van der Waals surface area contributed by atoms with Gasteiger partial charge in [-0.25, -0.2) is 4.79 Å². The highest BCUT2D eigenvalue weighted by Crippen LogP contribution is 2.28. The summed E-state index contributed by atoms with van der Waals surface area (Å²) in [5.74, 6) is -1.01. The molecule has 0 spiro atoms. The lowest BCUT2D eigenvalue weighted by molar-refractivity contribution is -0.131. The van der Waals surface area contributed by atoms with Crippen LogP contribution < -0.4 is 0 Å². The van der Waals surface area contributed by atoms with Gasteiger partial charge >= 0.3 is 5.97 Å². The zero-order chi connectivity index (χ0) is 13.0. The van der Waals surface area contributed by atoms with Crippen molar-refractivity contribution in [3.8, 4) is 0 Å². The maximum Gasteiger partial charge on any atom is 0.328 e. The number of ketones is 1. The molecular weight excluding hydrogens is 352 g/mol. The fourth-order valence-electron chi connectivity index (χ4n) is 1.24. The van der Waals surface area contributed by atoms with Crippen molar-refractivity contribution < 1.29 is 14.7 Å². The highest BCUT2D eigenvalue weighted by molar-refractivity contribution is 9.10. The molecule has 3 nitrogen and oxygen atoms in total. The van der Waals surface area contributed by atoms with E-state index in [9.17, 15) is 9.59 Å². The molecule has 0 aliphatic rings. The summed E-state index contributed by atoms with van der Waals surface area (Å²) in [5, 5.41) is 8.57. The first-order valence-electron chi connectivity index (χ1n) is 4.77. The van der Waals surface area contributed by atoms with Crippen LogP contribution in [0.4, 0.5) is 0 Å². The number of carboxylic acids is 1. The van der Waals surface area contributed by atoms with Gasteiger partial charge in [-0.05, 0) is 36.3 Å². The van der Waals surface area contributed by atoms with Crippen LogP contribution in [-0.4, -0.2) is 16.9 Å². The molecule has 90 valence electrons. The number of Topliss-reactive ketones (excluding diaryl/α,β-unsaturated/α-hetero) is 1. The van der Waals surface area contributed by atoms with Crippen molar-refractivity contribution >= 4 is 49.7 Å². The molecule has 0 saturated carbocycles. The Morgan fingerprint density at radius 3 is 2.59 bits per heavy atom. The summed E-state index contributed by atoms with van der Waals surface area (Å²) in [7, 11) is 0. The van der Waals surface area contributed by atoms with Gasteiger partial charge in [0.05, 0.1) is 4.83 Å². The molecule has 0 aliphatic heterocycles. The number of rotatable bonds is 4. The van der Waals surface area contributed by atoms with Gasteiger partial charge in [-0.15, -0.1) is 0 Å². The van der Waals surface area contributed by atoms with Gasteiger partial charge < -0.3 is 5.11 Å². The minimum Gasteiger partial charge on any atom is -0.478 e. The van der Waals surface area contributed by atoms with Gasteiger partial charge in [-0.2, -0.15) is 0 Å². The molecule has 1 aromatic rings. The van der Waals surface area contributed by atoms with E-state index in [1.807, 2.05) is 6.07 Å². The lowest BCUT2D eigenvalue weighted by Gasteiger charge is -2.08. The molecule has 1 atom stereocenters. The quantitative estimate of drug-likeness (QED) is 0.658. The summed E-state index contributed by atoms with van der Waals surface area (Å²) in [4.78, 5) is 21.3. The summed E-state index contributed by atoms with van der Waals surface area (Å²) >= 11 is 6.61. The van der Waals surface area contributed by atoms with E-state index in [1.54, 1.807) is 12.1 Å². The van der Waals surface area contributed by atoms with Crippen molar-refractivity contribution in [2.75, 3.05) is 0 Å². The molecule has 0 aromatic heterocycles. The van der Waals surface area contributed by atoms with Crippen molar-refractivity contribution in [3.05, 3.63) is 39.9 Å². The highest BCUT2D eigenvalue weighted by atomic mass is 79.9. The number of carboxylic acid groups (broad SMARTS) is 1.